The topological polar surface area (TPSA) is 66.9 Å². The van der Waals surface area contributed by atoms with Crippen LogP contribution in [0.5, 0.6) is 0 Å². The van der Waals surface area contributed by atoms with E-state index < -0.39 is 0 Å². The maximum Gasteiger partial charge on any atom is 0.252 e. The van der Waals surface area contributed by atoms with Gasteiger partial charge in [-0.1, -0.05) is 0 Å². The molecule has 0 aliphatic rings. The summed E-state index contributed by atoms with van der Waals surface area (Å²) in [6, 6.07) is 12.2. The molecule has 1 amide bonds. The van der Waals surface area contributed by atoms with Gasteiger partial charge in [-0.15, -0.1) is 0 Å². The smallest absolute Gasteiger partial charge is 0.252 e. The highest BCUT2D eigenvalue weighted by atomic mass is 16.1. The van der Waals surface area contributed by atoms with Gasteiger partial charge in [-0.05, 0) is 41.8 Å². The Morgan fingerprint density at radius 3 is 2.75 bits per heavy atom. The van der Waals surface area contributed by atoms with Gasteiger partial charge in [-0.3, -0.25) is 9.59 Å². The summed E-state index contributed by atoms with van der Waals surface area (Å²) in [6.45, 7) is 0.426. The lowest BCUT2D eigenvalue weighted by molar-refractivity contribution is 0.0942. The number of aromatic nitrogens is 2. The molecule has 3 rings (SSSR count). The zero-order chi connectivity index (χ0) is 13.9. The number of fused-ring (bicyclic) bond motifs is 1. The fraction of sp³-hybridized carbons (Fsp3) is 0.0667. The van der Waals surface area contributed by atoms with Crippen molar-refractivity contribution in [2.45, 2.75) is 6.67 Å². The van der Waals surface area contributed by atoms with Crippen LogP contribution in [0.4, 0.5) is 0 Å². The zero-order valence-electron chi connectivity index (χ0n) is 10.7. The van der Waals surface area contributed by atoms with Crippen LogP contribution < -0.4 is 10.9 Å². The monoisotopic (exact) mass is 267 g/mol. The third-order valence-electron chi connectivity index (χ3n) is 3.07. The number of rotatable bonds is 3. The summed E-state index contributed by atoms with van der Waals surface area (Å²) in [4.78, 5) is 26.0. The van der Waals surface area contributed by atoms with Crippen LogP contribution in [0.3, 0.4) is 0 Å². The van der Waals surface area contributed by atoms with Crippen molar-refractivity contribution in [1.82, 2.24) is 14.9 Å². The second kappa shape index (κ2) is 5.05. The molecule has 0 spiro atoms. The van der Waals surface area contributed by atoms with Gasteiger partial charge in [0.15, 0.2) is 0 Å². The summed E-state index contributed by atoms with van der Waals surface area (Å²) in [5, 5.41) is 3.66. The molecular weight excluding hydrogens is 254 g/mol. The molecule has 2 heterocycles. The number of carbonyl (C=O) groups is 1. The highest BCUT2D eigenvalue weighted by Gasteiger charge is 2.06. The van der Waals surface area contributed by atoms with Crippen LogP contribution in [0.15, 0.2) is 59.7 Å². The Hall–Kier alpha value is -2.82. The second-order valence-electron chi connectivity index (χ2n) is 4.49. The van der Waals surface area contributed by atoms with Crippen molar-refractivity contribution in [3.8, 4) is 0 Å². The molecule has 2 aromatic heterocycles. The zero-order valence-corrected chi connectivity index (χ0v) is 10.7. The van der Waals surface area contributed by atoms with Gasteiger partial charge in [0, 0.05) is 29.5 Å². The minimum atomic E-state index is -0.151. The molecule has 5 heteroatoms. The molecular formula is C15H13N3O2. The van der Waals surface area contributed by atoms with Crippen molar-refractivity contribution in [1.29, 1.82) is 0 Å². The fourth-order valence-corrected chi connectivity index (χ4v) is 2.04. The van der Waals surface area contributed by atoms with Gasteiger partial charge in [0.2, 0.25) is 5.56 Å². The Morgan fingerprint density at radius 1 is 1.15 bits per heavy atom. The van der Waals surface area contributed by atoms with Crippen LogP contribution in [0.1, 0.15) is 10.4 Å². The summed E-state index contributed by atoms with van der Waals surface area (Å²) in [7, 11) is 0. The van der Waals surface area contributed by atoms with E-state index in [1.807, 2.05) is 29.1 Å². The van der Waals surface area contributed by atoms with Gasteiger partial charge in [0.05, 0.1) is 6.67 Å². The minimum absolute atomic E-state index is 0.146. The third kappa shape index (κ3) is 2.47. The predicted molar refractivity (Wildman–Crippen MR) is 76.5 cm³/mol. The number of benzene rings is 1. The van der Waals surface area contributed by atoms with E-state index in [1.165, 1.54) is 6.07 Å². The van der Waals surface area contributed by atoms with E-state index in [9.17, 15) is 9.59 Å². The number of aromatic amines is 1. The van der Waals surface area contributed by atoms with Gasteiger partial charge in [-0.2, -0.15) is 0 Å². The summed E-state index contributed by atoms with van der Waals surface area (Å²) in [5.74, 6) is -0.146. The van der Waals surface area contributed by atoms with Crippen LogP contribution in [0.25, 0.3) is 10.9 Å². The van der Waals surface area contributed by atoms with Crippen LogP contribution in [-0.4, -0.2) is 15.5 Å². The average molecular weight is 267 g/mol. The van der Waals surface area contributed by atoms with E-state index in [1.54, 1.807) is 24.3 Å². The van der Waals surface area contributed by atoms with Gasteiger partial charge >= 0.3 is 0 Å². The first-order chi connectivity index (χ1) is 9.72. The summed E-state index contributed by atoms with van der Waals surface area (Å²) in [5.41, 5.74) is 1.14. The molecule has 0 aliphatic carbocycles. The number of hydrogen-bond donors (Lipinski definition) is 2. The van der Waals surface area contributed by atoms with Crippen molar-refractivity contribution in [2.24, 2.45) is 0 Å². The molecule has 3 aromatic rings. The Morgan fingerprint density at radius 2 is 1.95 bits per heavy atom. The summed E-state index contributed by atoms with van der Waals surface area (Å²) < 4.78 is 1.87. The minimum Gasteiger partial charge on any atom is -0.336 e. The molecule has 0 atom stereocenters. The number of nitrogens with zero attached hydrogens (tertiary/aromatic N) is 1. The third-order valence-corrected chi connectivity index (χ3v) is 3.07. The first-order valence-electron chi connectivity index (χ1n) is 6.24. The number of H-pyrrole nitrogens is 1. The molecule has 5 nitrogen and oxygen atoms in total. The van der Waals surface area contributed by atoms with E-state index >= 15 is 0 Å². The molecule has 0 radical (unpaired) electrons. The molecule has 0 saturated heterocycles. The molecule has 1 aromatic carbocycles. The molecule has 0 bridgehead atoms. The van der Waals surface area contributed by atoms with Crippen LogP contribution in [0, 0.1) is 0 Å². The molecule has 0 saturated carbocycles. The van der Waals surface area contributed by atoms with Crippen molar-refractivity contribution >= 4 is 16.8 Å². The lowest BCUT2D eigenvalue weighted by Crippen LogP contribution is -2.25. The van der Waals surface area contributed by atoms with Crippen molar-refractivity contribution in [3.63, 3.8) is 0 Å². The van der Waals surface area contributed by atoms with Gasteiger partial charge < -0.3 is 14.9 Å². The highest BCUT2D eigenvalue weighted by Crippen LogP contribution is 2.12. The van der Waals surface area contributed by atoms with Crippen molar-refractivity contribution in [3.05, 3.63) is 70.8 Å². The average Bonchev–Trinajstić information content (AvgIpc) is 2.97. The Kier molecular flexibility index (Phi) is 3.09. The fourth-order valence-electron chi connectivity index (χ4n) is 2.04. The van der Waals surface area contributed by atoms with E-state index in [2.05, 4.69) is 10.3 Å². The number of amides is 1. The first kappa shape index (κ1) is 12.2. The second-order valence-corrected chi connectivity index (χ2v) is 4.49. The quantitative estimate of drug-likeness (QED) is 0.758. The van der Waals surface area contributed by atoms with Crippen molar-refractivity contribution in [2.75, 3.05) is 0 Å². The Bertz CT molecular complexity index is 803. The maximum absolute atomic E-state index is 12.1. The molecule has 100 valence electrons. The van der Waals surface area contributed by atoms with E-state index in [-0.39, 0.29) is 11.5 Å². The van der Waals surface area contributed by atoms with E-state index in [4.69, 9.17) is 0 Å². The lowest BCUT2D eigenvalue weighted by Gasteiger charge is -2.07. The molecule has 0 aliphatic heterocycles. The van der Waals surface area contributed by atoms with Gasteiger partial charge in [0.1, 0.15) is 0 Å². The standard InChI is InChI=1S/C15H13N3O2/c19-14-6-4-11-9-12(3-5-13(11)17-14)15(20)16-10-18-7-1-2-8-18/h1-9H,10H2,(H,16,20)(H,17,19). The van der Waals surface area contributed by atoms with Gasteiger partial charge in [0.25, 0.3) is 5.91 Å². The largest absolute Gasteiger partial charge is 0.336 e. The summed E-state index contributed by atoms with van der Waals surface area (Å²) in [6.07, 6.45) is 3.76. The molecule has 0 unspecified atom stereocenters. The molecule has 0 fully saturated rings. The maximum atomic E-state index is 12.1. The molecule has 20 heavy (non-hydrogen) atoms. The van der Waals surface area contributed by atoms with E-state index in [0.29, 0.717) is 12.2 Å². The number of carbonyl (C=O) groups excluding carboxylic acids is 1. The van der Waals surface area contributed by atoms with Crippen LogP contribution in [0.2, 0.25) is 0 Å². The Labute approximate surface area is 114 Å². The number of pyridine rings is 1. The van der Waals surface area contributed by atoms with E-state index in [0.717, 1.165) is 10.9 Å². The normalized spacial score (nSPS) is 10.6. The SMILES string of the molecule is O=C(NCn1cccc1)c1ccc2[nH]c(=O)ccc2c1. The number of hydrogen-bond acceptors (Lipinski definition) is 2. The predicted octanol–water partition coefficient (Wildman–Crippen LogP) is 1.72. The van der Waals surface area contributed by atoms with Crippen LogP contribution in [-0.2, 0) is 6.67 Å². The first-order valence-corrected chi connectivity index (χ1v) is 6.24. The molecule has 2 N–H and O–H groups in total. The van der Waals surface area contributed by atoms with Crippen molar-refractivity contribution < 1.29 is 4.79 Å². The summed E-state index contributed by atoms with van der Waals surface area (Å²) >= 11 is 0. The van der Waals surface area contributed by atoms with Crippen LogP contribution >= 0.6 is 0 Å². The highest BCUT2D eigenvalue weighted by molar-refractivity contribution is 5.97. The Balaban J connectivity index is 1.81. The number of nitrogens with one attached hydrogen (secondary N) is 2. The lowest BCUT2D eigenvalue weighted by atomic mass is 10.1. The van der Waals surface area contributed by atoms with Gasteiger partial charge in [-0.25, -0.2) is 0 Å².